The standard InChI is InChI=1S/C17H25N3O2S2/c1-19(2)24(21,22)18-11-14-6-5-9-20(12-14)13-16-10-15-7-3-4-8-17(15)23-16/h3-4,7-8,10,14,18H,5-6,9,11-13H2,1-2H3/t14-/m1/s1. The number of nitrogens with one attached hydrogen (secondary N) is 1. The fraction of sp³-hybridized carbons (Fsp3) is 0.529. The van der Waals surface area contributed by atoms with Gasteiger partial charge in [0.05, 0.1) is 0 Å². The van der Waals surface area contributed by atoms with Crippen molar-refractivity contribution in [2.45, 2.75) is 19.4 Å². The van der Waals surface area contributed by atoms with Crippen molar-refractivity contribution in [3.8, 4) is 0 Å². The van der Waals surface area contributed by atoms with Gasteiger partial charge in [0.1, 0.15) is 0 Å². The number of nitrogens with zero attached hydrogens (tertiary/aromatic N) is 2. The van der Waals surface area contributed by atoms with E-state index in [-0.39, 0.29) is 0 Å². The van der Waals surface area contributed by atoms with Crippen LogP contribution in [0.1, 0.15) is 17.7 Å². The van der Waals surface area contributed by atoms with Crippen LogP contribution in [0.3, 0.4) is 0 Å². The molecule has 3 rings (SSSR count). The molecule has 0 bridgehead atoms. The number of hydrogen-bond donors (Lipinski definition) is 1. The molecule has 1 saturated heterocycles. The third kappa shape index (κ3) is 4.34. The highest BCUT2D eigenvalue weighted by molar-refractivity contribution is 7.87. The predicted molar refractivity (Wildman–Crippen MR) is 100 cm³/mol. The van der Waals surface area contributed by atoms with Crippen LogP contribution in [0.2, 0.25) is 0 Å². The van der Waals surface area contributed by atoms with E-state index in [1.807, 2.05) is 11.3 Å². The molecule has 1 aromatic heterocycles. The molecule has 5 nitrogen and oxygen atoms in total. The van der Waals surface area contributed by atoms with Crippen LogP contribution in [0.5, 0.6) is 0 Å². The molecule has 132 valence electrons. The molecule has 0 radical (unpaired) electrons. The van der Waals surface area contributed by atoms with Gasteiger partial charge in [-0.05, 0) is 42.8 Å². The Kier molecular flexibility index (Phi) is 5.56. The molecule has 1 aliphatic rings. The van der Waals surface area contributed by atoms with E-state index in [1.54, 1.807) is 14.1 Å². The molecule has 0 saturated carbocycles. The second-order valence-electron chi connectivity index (χ2n) is 6.63. The van der Waals surface area contributed by atoms with Gasteiger partial charge in [-0.15, -0.1) is 11.3 Å². The van der Waals surface area contributed by atoms with Gasteiger partial charge in [0.25, 0.3) is 10.2 Å². The van der Waals surface area contributed by atoms with Gasteiger partial charge in [0.2, 0.25) is 0 Å². The highest BCUT2D eigenvalue weighted by Gasteiger charge is 2.23. The Morgan fingerprint density at radius 1 is 1.33 bits per heavy atom. The summed E-state index contributed by atoms with van der Waals surface area (Å²) in [5.74, 6) is 0.378. The SMILES string of the molecule is CN(C)S(=O)(=O)NC[C@H]1CCCN(Cc2cc3ccccc3s2)C1. The number of likely N-dealkylation sites (tertiary alicyclic amines) is 1. The Labute approximate surface area is 148 Å². The fourth-order valence-electron chi connectivity index (χ4n) is 3.15. The van der Waals surface area contributed by atoms with Gasteiger partial charge in [-0.2, -0.15) is 12.7 Å². The normalized spacial score (nSPS) is 20.0. The number of piperidine rings is 1. The number of rotatable bonds is 6. The lowest BCUT2D eigenvalue weighted by Gasteiger charge is -2.32. The Bertz CT molecular complexity index is 753. The van der Waals surface area contributed by atoms with Gasteiger partial charge in [-0.25, -0.2) is 4.72 Å². The summed E-state index contributed by atoms with van der Waals surface area (Å²) < 4.78 is 29.0. The molecule has 0 amide bonds. The monoisotopic (exact) mass is 367 g/mol. The van der Waals surface area contributed by atoms with Crippen molar-refractivity contribution in [2.24, 2.45) is 5.92 Å². The van der Waals surface area contributed by atoms with E-state index in [0.717, 1.165) is 32.5 Å². The minimum absolute atomic E-state index is 0.378. The summed E-state index contributed by atoms with van der Waals surface area (Å²) in [5.41, 5.74) is 0. The summed E-state index contributed by atoms with van der Waals surface area (Å²) in [5, 5.41) is 1.31. The maximum Gasteiger partial charge on any atom is 0.278 e. The third-order valence-electron chi connectivity index (χ3n) is 4.49. The molecule has 0 spiro atoms. The smallest absolute Gasteiger partial charge is 0.278 e. The van der Waals surface area contributed by atoms with E-state index < -0.39 is 10.2 Å². The average Bonchev–Trinajstić information content (AvgIpc) is 2.95. The molecule has 2 aromatic rings. The topological polar surface area (TPSA) is 52.7 Å². The van der Waals surface area contributed by atoms with Gasteiger partial charge in [0, 0.05) is 43.3 Å². The average molecular weight is 368 g/mol. The Balaban J connectivity index is 1.57. The molecular weight excluding hydrogens is 342 g/mol. The molecule has 24 heavy (non-hydrogen) atoms. The van der Waals surface area contributed by atoms with E-state index >= 15 is 0 Å². The predicted octanol–water partition coefficient (Wildman–Crippen LogP) is 2.51. The van der Waals surface area contributed by atoms with Crippen LogP contribution in [0.15, 0.2) is 30.3 Å². The lowest BCUT2D eigenvalue weighted by molar-refractivity contribution is 0.170. The summed E-state index contributed by atoms with van der Waals surface area (Å²) in [7, 11) is -0.219. The summed E-state index contributed by atoms with van der Waals surface area (Å²) in [6.45, 7) is 3.51. The molecule has 1 atom stereocenters. The zero-order valence-corrected chi connectivity index (χ0v) is 15.9. The molecule has 1 aromatic carbocycles. The maximum absolute atomic E-state index is 11.8. The van der Waals surface area contributed by atoms with Crippen molar-refractivity contribution < 1.29 is 8.42 Å². The first-order valence-electron chi connectivity index (χ1n) is 8.31. The number of hydrogen-bond acceptors (Lipinski definition) is 4. The quantitative estimate of drug-likeness (QED) is 0.853. The molecule has 1 N–H and O–H groups in total. The number of fused-ring (bicyclic) bond motifs is 1. The Hall–Kier alpha value is -0.990. The van der Waals surface area contributed by atoms with Crippen LogP contribution in [0.25, 0.3) is 10.1 Å². The van der Waals surface area contributed by atoms with Gasteiger partial charge in [-0.1, -0.05) is 18.2 Å². The van der Waals surface area contributed by atoms with E-state index in [9.17, 15) is 8.42 Å². The van der Waals surface area contributed by atoms with E-state index in [0.29, 0.717) is 12.5 Å². The van der Waals surface area contributed by atoms with Crippen LogP contribution in [-0.4, -0.2) is 51.4 Å². The Morgan fingerprint density at radius 2 is 2.12 bits per heavy atom. The molecular formula is C17H25N3O2S2. The lowest BCUT2D eigenvalue weighted by atomic mass is 9.98. The van der Waals surface area contributed by atoms with Gasteiger partial charge in [-0.3, -0.25) is 4.90 Å². The Morgan fingerprint density at radius 3 is 2.88 bits per heavy atom. The number of thiophene rings is 1. The lowest BCUT2D eigenvalue weighted by Crippen LogP contribution is -2.43. The van der Waals surface area contributed by atoms with Crippen LogP contribution in [0.4, 0.5) is 0 Å². The van der Waals surface area contributed by atoms with E-state index in [2.05, 4.69) is 40.0 Å². The van der Waals surface area contributed by atoms with Crippen LogP contribution in [-0.2, 0) is 16.8 Å². The summed E-state index contributed by atoms with van der Waals surface area (Å²) in [6.07, 6.45) is 2.21. The van der Waals surface area contributed by atoms with Crippen molar-refractivity contribution >= 4 is 31.6 Å². The highest BCUT2D eigenvalue weighted by Crippen LogP contribution is 2.27. The van der Waals surface area contributed by atoms with Crippen molar-refractivity contribution in [2.75, 3.05) is 33.7 Å². The van der Waals surface area contributed by atoms with Gasteiger partial charge >= 0.3 is 0 Å². The van der Waals surface area contributed by atoms with Crippen LogP contribution >= 0.6 is 11.3 Å². The minimum Gasteiger partial charge on any atom is -0.298 e. The summed E-state index contributed by atoms with van der Waals surface area (Å²) in [4.78, 5) is 3.83. The molecule has 1 fully saturated rings. The third-order valence-corrected chi connectivity index (χ3v) is 7.09. The zero-order chi connectivity index (χ0) is 17.2. The maximum atomic E-state index is 11.8. The van der Waals surface area contributed by atoms with Crippen molar-refractivity contribution in [1.82, 2.24) is 13.9 Å². The van der Waals surface area contributed by atoms with Gasteiger partial charge < -0.3 is 0 Å². The van der Waals surface area contributed by atoms with E-state index in [4.69, 9.17) is 0 Å². The van der Waals surface area contributed by atoms with Crippen molar-refractivity contribution in [1.29, 1.82) is 0 Å². The molecule has 0 unspecified atom stereocenters. The molecule has 7 heteroatoms. The first kappa shape index (κ1) is 17.8. The second-order valence-corrected chi connectivity index (χ2v) is 9.77. The summed E-state index contributed by atoms with van der Waals surface area (Å²) >= 11 is 1.85. The second kappa shape index (κ2) is 7.49. The highest BCUT2D eigenvalue weighted by atomic mass is 32.2. The van der Waals surface area contributed by atoms with Crippen molar-refractivity contribution in [3.63, 3.8) is 0 Å². The molecule has 2 heterocycles. The fourth-order valence-corrected chi connectivity index (χ4v) is 4.96. The van der Waals surface area contributed by atoms with Crippen LogP contribution < -0.4 is 4.72 Å². The molecule has 1 aliphatic heterocycles. The minimum atomic E-state index is -3.32. The first-order valence-corrected chi connectivity index (χ1v) is 10.6. The van der Waals surface area contributed by atoms with Crippen LogP contribution in [0, 0.1) is 5.92 Å². The molecule has 0 aliphatic carbocycles. The van der Waals surface area contributed by atoms with Gasteiger partial charge in [0.15, 0.2) is 0 Å². The largest absolute Gasteiger partial charge is 0.298 e. The van der Waals surface area contributed by atoms with Crippen molar-refractivity contribution in [3.05, 3.63) is 35.2 Å². The van der Waals surface area contributed by atoms with E-state index in [1.165, 1.54) is 19.3 Å². The first-order chi connectivity index (χ1) is 11.4. The number of benzene rings is 1. The summed E-state index contributed by atoms with van der Waals surface area (Å²) in [6, 6.07) is 10.8. The zero-order valence-electron chi connectivity index (χ0n) is 14.2.